The van der Waals surface area contributed by atoms with Gasteiger partial charge < -0.3 is 19.3 Å². The van der Waals surface area contributed by atoms with Crippen LogP contribution in [0.15, 0.2) is 30.9 Å². The molecule has 2 saturated heterocycles. The molecule has 2 amide bonds. The number of hydrogen-bond acceptors (Lipinski definition) is 6. The normalized spacial score (nSPS) is 21.8. The van der Waals surface area contributed by atoms with Gasteiger partial charge in [-0.3, -0.25) is 19.3 Å². The number of ether oxygens (including phenoxy) is 2. The van der Waals surface area contributed by atoms with E-state index in [2.05, 4.69) is 23.6 Å². The fourth-order valence-corrected chi connectivity index (χ4v) is 5.01. The third-order valence-electron chi connectivity index (χ3n) is 6.86. The summed E-state index contributed by atoms with van der Waals surface area (Å²) < 4.78 is 10.8. The number of benzene rings is 1. The number of rotatable bonds is 6. The lowest BCUT2D eigenvalue weighted by Crippen LogP contribution is -2.38. The highest BCUT2D eigenvalue weighted by molar-refractivity contribution is 5.89. The maximum Gasteiger partial charge on any atom is 0.308 e. The summed E-state index contributed by atoms with van der Waals surface area (Å²) in [4.78, 5) is 43.0. The van der Waals surface area contributed by atoms with Crippen molar-refractivity contribution in [2.24, 2.45) is 11.8 Å². The third-order valence-corrected chi connectivity index (χ3v) is 6.86. The molecule has 3 aliphatic heterocycles. The zero-order valence-electron chi connectivity index (χ0n) is 19.3. The number of esters is 1. The van der Waals surface area contributed by atoms with Gasteiger partial charge in [-0.1, -0.05) is 12.1 Å². The van der Waals surface area contributed by atoms with Crippen LogP contribution in [0.3, 0.4) is 0 Å². The molecule has 0 aromatic heterocycles. The van der Waals surface area contributed by atoms with Gasteiger partial charge in [-0.15, -0.1) is 6.58 Å². The van der Waals surface area contributed by atoms with Crippen LogP contribution in [0.2, 0.25) is 0 Å². The molecule has 0 N–H and O–H groups in total. The van der Waals surface area contributed by atoms with E-state index >= 15 is 0 Å². The molecule has 33 heavy (non-hydrogen) atoms. The zero-order valence-corrected chi connectivity index (χ0v) is 19.3. The number of nitrogens with zero attached hydrogens (tertiary/aromatic N) is 3. The molecule has 8 heteroatoms. The van der Waals surface area contributed by atoms with E-state index < -0.39 is 0 Å². The summed E-state index contributed by atoms with van der Waals surface area (Å²) >= 11 is 0. The number of hydrogen-bond donors (Lipinski definition) is 0. The Morgan fingerprint density at radius 3 is 2.73 bits per heavy atom. The number of carbonyl (C=O) groups excluding carboxylic acids is 3. The Labute approximate surface area is 195 Å². The smallest absolute Gasteiger partial charge is 0.308 e. The van der Waals surface area contributed by atoms with Crippen LogP contribution in [0.4, 0.5) is 0 Å². The van der Waals surface area contributed by atoms with E-state index in [1.165, 1.54) is 7.11 Å². The molecule has 0 aliphatic carbocycles. The second kappa shape index (κ2) is 10.4. The summed E-state index contributed by atoms with van der Waals surface area (Å²) in [5.41, 5.74) is 2.16. The Kier molecular flexibility index (Phi) is 7.33. The lowest BCUT2D eigenvalue weighted by atomic mass is 9.96. The Balaban J connectivity index is 1.38. The number of piperidine rings is 1. The van der Waals surface area contributed by atoms with Crippen molar-refractivity contribution in [2.45, 2.75) is 32.4 Å². The minimum absolute atomic E-state index is 0.00358. The van der Waals surface area contributed by atoms with Gasteiger partial charge in [0, 0.05) is 38.2 Å². The standard InChI is InChI=1S/C25H33N3O5/c1-3-8-27-17-21(14-23(27)29)24(30)28-11-12-33-22-5-4-18(13-20(22)16-28)15-26-9-6-19(7-10-26)25(31)32-2/h3-5,13,19,21H,1,6-12,14-17H2,2H3. The fraction of sp³-hybridized carbons (Fsp3) is 0.560. The maximum atomic E-state index is 13.2. The summed E-state index contributed by atoms with van der Waals surface area (Å²) in [7, 11) is 1.45. The van der Waals surface area contributed by atoms with Crippen LogP contribution < -0.4 is 4.74 Å². The molecule has 0 saturated carbocycles. The first-order chi connectivity index (χ1) is 16.0. The van der Waals surface area contributed by atoms with Crippen molar-refractivity contribution < 1.29 is 23.9 Å². The van der Waals surface area contributed by atoms with Crippen LogP contribution in [0.1, 0.15) is 30.4 Å². The van der Waals surface area contributed by atoms with Gasteiger partial charge >= 0.3 is 5.97 Å². The summed E-state index contributed by atoms with van der Waals surface area (Å²) in [5.74, 6) is 0.418. The molecule has 3 heterocycles. The Morgan fingerprint density at radius 2 is 2.00 bits per heavy atom. The number of methoxy groups -OCH3 is 1. The van der Waals surface area contributed by atoms with Crippen molar-refractivity contribution in [1.82, 2.24) is 14.7 Å². The van der Waals surface area contributed by atoms with Gasteiger partial charge in [0.15, 0.2) is 0 Å². The second-order valence-electron chi connectivity index (χ2n) is 9.11. The average Bonchev–Trinajstić information content (AvgIpc) is 3.06. The van der Waals surface area contributed by atoms with Gasteiger partial charge in [-0.05, 0) is 43.6 Å². The van der Waals surface area contributed by atoms with Crippen molar-refractivity contribution in [3.8, 4) is 5.75 Å². The predicted octanol–water partition coefficient (Wildman–Crippen LogP) is 1.83. The van der Waals surface area contributed by atoms with E-state index in [-0.39, 0.29) is 36.0 Å². The minimum Gasteiger partial charge on any atom is -0.491 e. The highest BCUT2D eigenvalue weighted by Gasteiger charge is 2.36. The maximum absolute atomic E-state index is 13.2. The van der Waals surface area contributed by atoms with Crippen LogP contribution in [0.5, 0.6) is 5.75 Å². The molecule has 0 spiro atoms. The van der Waals surface area contributed by atoms with Crippen molar-refractivity contribution >= 4 is 17.8 Å². The van der Waals surface area contributed by atoms with Crippen LogP contribution in [0, 0.1) is 11.8 Å². The number of amides is 2. The van der Waals surface area contributed by atoms with Gasteiger partial charge in [-0.25, -0.2) is 0 Å². The minimum atomic E-state index is -0.307. The molecule has 1 atom stereocenters. The Bertz CT molecular complexity index is 909. The van der Waals surface area contributed by atoms with Crippen LogP contribution in [-0.2, 0) is 32.2 Å². The number of likely N-dealkylation sites (tertiary alicyclic amines) is 2. The summed E-state index contributed by atoms with van der Waals surface area (Å²) in [6, 6.07) is 6.19. The largest absolute Gasteiger partial charge is 0.491 e. The monoisotopic (exact) mass is 455 g/mol. The fourth-order valence-electron chi connectivity index (χ4n) is 5.01. The van der Waals surface area contributed by atoms with Crippen LogP contribution >= 0.6 is 0 Å². The van der Waals surface area contributed by atoms with Crippen molar-refractivity contribution in [2.75, 3.05) is 46.4 Å². The Morgan fingerprint density at radius 1 is 1.21 bits per heavy atom. The summed E-state index contributed by atoms with van der Waals surface area (Å²) in [6.45, 7) is 8.57. The molecule has 1 aromatic rings. The molecule has 0 radical (unpaired) electrons. The van der Waals surface area contributed by atoms with E-state index in [0.717, 1.165) is 49.4 Å². The quantitative estimate of drug-likeness (QED) is 0.481. The van der Waals surface area contributed by atoms with Gasteiger partial charge in [-0.2, -0.15) is 0 Å². The number of fused-ring (bicyclic) bond motifs is 1. The lowest BCUT2D eigenvalue weighted by Gasteiger charge is -2.30. The average molecular weight is 456 g/mol. The van der Waals surface area contributed by atoms with Crippen molar-refractivity contribution in [3.63, 3.8) is 0 Å². The van der Waals surface area contributed by atoms with Crippen LogP contribution in [-0.4, -0.2) is 78.9 Å². The van der Waals surface area contributed by atoms with Gasteiger partial charge in [0.25, 0.3) is 0 Å². The molecular weight excluding hydrogens is 422 g/mol. The highest BCUT2D eigenvalue weighted by atomic mass is 16.5. The van der Waals surface area contributed by atoms with Gasteiger partial charge in [0.05, 0.1) is 25.5 Å². The molecular formula is C25H33N3O5. The van der Waals surface area contributed by atoms with Crippen molar-refractivity contribution in [1.29, 1.82) is 0 Å². The van der Waals surface area contributed by atoms with E-state index in [1.807, 2.05) is 11.0 Å². The molecule has 2 fully saturated rings. The Hall–Kier alpha value is -2.87. The first-order valence-electron chi connectivity index (χ1n) is 11.7. The first kappa shape index (κ1) is 23.3. The molecule has 178 valence electrons. The molecule has 1 aromatic carbocycles. The van der Waals surface area contributed by atoms with Crippen molar-refractivity contribution in [3.05, 3.63) is 42.0 Å². The van der Waals surface area contributed by atoms with E-state index in [9.17, 15) is 14.4 Å². The predicted molar refractivity (Wildman–Crippen MR) is 122 cm³/mol. The van der Waals surface area contributed by atoms with Gasteiger partial charge in [0.2, 0.25) is 11.8 Å². The lowest BCUT2D eigenvalue weighted by molar-refractivity contribution is -0.147. The highest BCUT2D eigenvalue weighted by Crippen LogP contribution is 2.28. The topological polar surface area (TPSA) is 79.4 Å². The van der Waals surface area contributed by atoms with E-state index in [0.29, 0.717) is 32.8 Å². The molecule has 4 rings (SSSR count). The molecule has 1 unspecified atom stereocenters. The SMILES string of the molecule is C=CCN1CC(C(=O)N2CCOc3ccc(CN4CCC(C(=O)OC)CC4)cc3C2)CC1=O. The second-order valence-corrected chi connectivity index (χ2v) is 9.11. The third kappa shape index (κ3) is 5.38. The van der Waals surface area contributed by atoms with E-state index in [1.54, 1.807) is 11.0 Å². The van der Waals surface area contributed by atoms with Gasteiger partial charge in [0.1, 0.15) is 12.4 Å². The summed E-state index contributed by atoms with van der Waals surface area (Å²) in [5, 5.41) is 0. The van der Waals surface area contributed by atoms with Crippen LogP contribution in [0.25, 0.3) is 0 Å². The first-order valence-corrected chi connectivity index (χ1v) is 11.7. The molecule has 3 aliphatic rings. The van der Waals surface area contributed by atoms with E-state index in [4.69, 9.17) is 9.47 Å². The zero-order chi connectivity index (χ0) is 23.4. The molecule has 0 bridgehead atoms. The number of carbonyl (C=O) groups is 3. The summed E-state index contributed by atoms with van der Waals surface area (Å²) in [6.07, 6.45) is 3.58. The molecule has 8 nitrogen and oxygen atoms in total.